The number of carbonyl (C=O) groups is 2. The second-order valence-electron chi connectivity index (χ2n) is 10.9. The number of ether oxygens (including phenoxy) is 1. The second-order valence-corrected chi connectivity index (χ2v) is 10.9. The van der Waals surface area contributed by atoms with Gasteiger partial charge in [0, 0.05) is 44.3 Å². The summed E-state index contributed by atoms with van der Waals surface area (Å²) in [5.41, 5.74) is 3.12. The molecule has 7 heteroatoms. The van der Waals surface area contributed by atoms with Gasteiger partial charge in [-0.3, -0.25) is 9.69 Å². The van der Waals surface area contributed by atoms with Crippen molar-refractivity contribution in [3.63, 3.8) is 0 Å². The zero-order valence-electron chi connectivity index (χ0n) is 21.5. The summed E-state index contributed by atoms with van der Waals surface area (Å²) in [7, 11) is 0. The summed E-state index contributed by atoms with van der Waals surface area (Å²) >= 11 is 0. The summed E-state index contributed by atoms with van der Waals surface area (Å²) in [5, 5.41) is 12.2. The third-order valence-corrected chi connectivity index (χ3v) is 5.95. The molecule has 0 spiro atoms. The predicted octanol–water partition coefficient (Wildman–Crippen LogP) is 5.01. The zero-order chi connectivity index (χ0) is 25.0. The SMILES string of the molecule is Cc1cc(CN2CCN(C(=O)OC(C)(C)C)[C@@H](C)C2)c(C)c(NC(=O)CCC(C)(C)C#N)c1. The smallest absolute Gasteiger partial charge is 0.410 e. The van der Waals surface area contributed by atoms with E-state index in [4.69, 9.17) is 10.00 Å². The average Bonchev–Trinajstić information content (AvgIpc) is 2.68. The topological polar surface area (TPSA) is 85.7 Å². The number of hydrogen-bond donors (Lipinski definition) is 1. The van der Waals surface area contributed by atoms with Gasteiger partial charge in [0.1, 0.15) is 5.60 Å². The molecule has 1 fully saturated rings. The molecule has 0 radical (unpaired) electrons. The Balaban J connectivity index is 2.03. The van der Waals surface area contributed by atoms with Crippen LogP contribution in [0.1, 0.15) is 71.1 Å². The Morgan fingerprint density at radius 3 is 2.42 bits per heavy atom. The summed E-state index contributed by atoms with van der Waals surface area (Å²) in [6.07, 6.45) is 0.575. The van der Waals surface area contributed by atoms with E-state index in [0.29, 0.717) is 19.4 Å². The number of nitriles is 1. The maximum atomic E-state index is 12.5. The van der Waals surface area contributed by atoms with E-state index in [1.165, 1.54) is 5.56 Å². The Morgan fingerprint density at radius 2 is 1.85 bits per heavy atom. The van der Waals surface area contributed by atoms with Crippen LogP contribution >= 0.6 is 0 Å². The fraction of sp³-hybridized carbons (Fsp3) is 0.654. The minimum absolute atomic E-state index is 0.0568. The highest BCUT2D eigenvalue weighted by molar-refractivity contribution is 5.91. The Hall–Kier alpha value is -2.59. The summed E-state index contributed by atoms with van der Waals surface area (Å²) in [6.45, 7) is 18.4. The molecule has 0 unspecified atom stereocenters. The average molecular weight is 457 g/mol. The van der Waals surface area contributed by atoms with Crippen LogP contribution in [0.3, 0.4) is 0 Å². The Labute approximate surface area is 199 Å². The number of rotatable bonds is 6. The quantitative estimate of drug-likeness (QED) is 0.650. The minimum atomic E-state index is -0.512. The largest absolute Gasteiger partial charge is 0.444 e. The number of aryl methyl sites for hydroxylation is 1. The molecule has 2 rings (SSSR count). The molecule has 182 valence electrons. The first-order valence-electron chi connectivity index (χ1n) is 11.7. The first-order valence-corrected chi connectivity index (χ1v) is 11.7. The molecule has 1 aliphatic heterocycles. The van der Waals surface area contributed by atoms with Crippen molar-refractivity contribution in [1.82, 2.24) is 9.80 Å². The van der Waals surface area contributed by atoms with Gasteiger partial charge in [0.05, 0.1) is 11.5 Å². The van der Waals surface area contributed by atoms with Crippen LogP contribution in [0, 0.1) is 30.6 Å². The van der Waals surface area contributed by atoms with Gasteiger partial charge >= 0.3 is 6.09 Å². The van der Waals surface area contributed by atoms with Crippen LogP contribution in [-0.2, 0) is 16.1 Å². The zero-order valence-corrected chi connectivity index (χ0v) is 21.5. The van der Waals surface area contributed by atoms with Crippen LogP contribution in [0.2, 0.25) is 0 Å². The fourth-order valence-electron chi connectivity index (χ4n) is 3.93. The molecule has 0 bridgehead atoms. The van der Waals surface area contributed by atoms with Crippen molar-refractivity contribution < 1.29 is 14.3 Å². The molecule has 1 aromatic rings. The van der Waals surface area contributed by atoms with Crippen LogP contribution in [0.15, 0.2) is 12.1 Å². The van der Waals surface area contributed by atoms with Crippen LogP contribution in [0.4, 0.5) is 10.5 Å². The summed E-state index contributed by atoms with van der Waals surface area (Å²) in [6, 6.07) is 6.46. The molecule has 7 nitrogen and oxygen atoms in total. The summed E-state index contributed by atoms with van der Waals surface area (Å²) in [4.78, 5) is 29.1. The van der Waals surface area contributed by atoms with Gasteiger partial charge in [-0.15, -0.1) is 0 Å². The normalized spacial score (nSPS) is 17.4. The van der Waals surface area contributed by atoms with Crippen molar-refractivity contribution in [2.75, 3.05) is 25.0 Å². The Morgan fingerprint density at radius 1 is 1.18 bits per heavy atom. The molecular formula is C26H40N4O3. The summed E-state index contributed by atoms with van der Waals surface area (Å²) < 4.78 is 5.55. The van der Waals surface area contributed by atoms with Crippen LogP contribution < -0.4 is 5.32 Å². The highest BCUT2D eigenvalue weighted by Gasteiger charge is 2.31. The van der Waals surface area contributed by atoms with E-state index < -0.39 is 11.0 Å². The van der Waals surface area contributed by atoms with E-state index in [1.54, 1.807) is 4.90 Å². The molecule has 0 aliphatic carbocycles. The molecule has 1 atom stereocenters. The van der Waals surface area contributed by atoms with Crippen molar-refractivity contribution >= 4 is 17.7 Å². The minimum Gasteiger partial charge on any atom is -0.444 e. The van der Waals surface area contributed by atoms with Crippen molar-refractivity contribution in [3.05, 3.63) is 28.8 Å². The number of hydrogen-bond acceptors (Lipinski definition) is 5. The van der Waals surface area contributed by atoms with Gasteiger partial charge in [-0.2, -0.15) is 5.26 Å². The molecule has 0 aromatic heterocycles. The molecule has 1 aliphatic rings. The van der Waals surface area contributed by atoms with Crippen LogP contribution in [0.5, 0.6) is 0 Å². The van der Waals surface area contributed by atoms with Crippen molar-refractivity contribution in [3.8, 4) is 6.07 Å². The van der Waals surface area contributed by atoms with Crippen molar-refractivity contribution in [1.29, 1.82) is 5.26 Å². The molecule has 33 heavy (non-hydrogen) atoms. The number of benzene rings is 1. The van der Waals surface area contributed by atoms with Gasteiger partial charge < -0.3 is 15.0 Å². The third kappa shape index (κ3) is 8.04. The molecule has 2 amide bonds. The standard InChI is InChI=1S/C26H40N4O3/c1-18-13-21(20(3)22(14-18)28-23(31)9-10-26(7,8)17-27)16-29-11-12-30(19(2)15-29)24(32)33-25(4,5)6/h13-14,19H,9-12,15-16H2,1-8H3,(H,28,31)/t19-/m0/s1. The lowest BCUT2D eigenvalue weighted by Gasteiger charge is -2.40. The highest BCUT2D eigenvalue weighted by Crippen LogP contribution is 2.26. The van der Waals surface area contributed by atoms with Crippen LogP contribution in [0.25, 0.3) is 0 Å². The van der Waals surface area contributed by atoms with Gasteiger partial charge in [-0.1, -0.05) is 6.07 Å². The lowest BCUT2D eigenvalue weighted by atomic mass is 9.89. The molecular weight excluding hydrogens is 416 g/mol. The van der Waals surface area contributed by atoms with Gasteiger partial charge in [-0.25, -0.2) is 4.79 Å². The number of carbonyl (C=O) groups excluding carboxylic acids is 2. The number of piperazine rings is 1. The lowest BCUT2D eigenvalue weighted by Crippen LogP contribution is -2.54. The predicted molar refractivity (Wildman–Crippen MR) is 131 cm³/mol. The molecule has 1 aromatic carbocycles. The highest BCUT2D eigenvalue weighted by atomic mass is 16.6. The Bertz CT molecular complexity index is 911. The van der Waals surface area contributed by atoms with Gasteiger partial charge in [0.25, 0.3) is 0 Å². The fourth-order valence-corrected chi connectivity index (χ4v) is 3.93. The van der Waals surface area contributed by atoms with Gasteiger partial charge in [0.15, 0.2) is 0 Å². The first-order chi connectivity index (χ1) is 15.2. The number of nitrogens with one attached hydrogen (secondary N) is 1. The van der Waals surface area contributed by atoms with Gasteiger partial charge in [0.2, 0.25) is 5.91 Å². The number of anilines is 1. The number of nitrogens with zero attached hydrogens (tertiary/aromatic N) is 3. The maximum absolute atomic E-state index is 12.5. The molecule has 1 heterocycles. The molecule has 1 N–H and O–H groups in total. The van der Waals surface area contributed by atoms with E-state index in [9.17, 15) is 9.59 Å². The van der Waals surface area contributed by atoms with Crippen molar-refractivity contribution in [2.24, 2.45) is 5.41 Å². The van der Waals surface area contributed by atoms with Crippen LogP contribution in [-0.4, -0.2) is 53.1 Å². The third-order valence-electron chi connectivity index (χ3n) is 5.95. The second kappa shape index (κ2) is 10.6. The number of amides is 2. The van der Waals surface area contributed by atoms with Gasteiger partial charge in [-0.05, 0) is 84.6 Å². The first kappa shape index (κ1) is 26.7. The van der Waals surface area contributed by atoms with E-state index >= 15 is 0 Å². The lowest BCUT2D eigenvalue weighted by molar-refractivity contribution is -0.116. The monoisotopic (exact) mass is 456 g/mol. The van der Waals surface area contributed by atoms with E-state index in [2.05, 4.69) is 22.4 Å². The van der Waals surface area contributed by atoms with E-state index in [0.717, 1.165) is 36.4 Å². The summed E-state index contributed by atoms with van der Waals surface area (Å²) in [5.74, 6) is -0.0717. The molecule has 1 saturated heterocycles. The Kier molecular flexibility index (Phi) is 8.53. The maximum Gasteiger partial charge on any atom is 0.410 e. The van der Waals surface area contributed by atoms with E-state index in [-0.39, 0.29) is 18.0 Å². The van der Waals surface area contributed by atoms with Crippen molar-refractivity contribution in [2.45, 2.75) is 86.4 Å². The molecule has 0 saturated carbocycles. The van der Waals surface area contributed by atoms with E-state index in [1.807, 2.05) is 61.5 Å².